The third-order valence-electron chi connectivity index (χ3n) is 3.36. The first-order chi connectivity index (χ1) is 8.66. The van der Waals surface area contributed by atoms with E-state index in [0.717, 1.165) is 25.7 Å². The summed E-state index contributed by atoms with van der Waals surface area (Å²) in [5, 5.41) is 13.4. The van der Waals surface area contributed by atoms with Gasteiger partial charge in [0.15, 0.2) is 0 Å². The highest BCUT2D eigenvalue weighted by molar-refractivity contribution is 5.93. The average Bonchev–Trinajstić information content (AvgIpc) is 2.40. The summed E-state index contributed by atoms with van der Waals surface area (Å²) in [4.78, 5) is 22.5. The Morgan fingerprint density at radius 1 is 1.06 bits per heavy atom. The maximum atomic E-state index is 11.9. The van der Waals surface area contributed by atoms with Crippen LogP contribution in [0.25, 0.3) is 0 Å². The van der Waals surface area contributed by atoms with E-state index in [1.165, 1.54) is 18.6 Å². The molecule has 4 nitrogen and oxygen atoms in total. The van der Waals surface area contributed by atoms with E-state index in [0.29, 0.717) is 5.69 Å². The first-order valence-corrected chi connectivity index (χ1v) is 6.29. The number of nitrogens with one attached hydrogen (secondary N) is 1. The molecule has 96 valence electrons. The van der Waals surface area contributed by atoms with Gasteiger partial charge in [0.1, 0.15) is 0 Å². The van der Waals surface area contributed by atoms with Gasteiger partial charge >= 0.3 is 0 Å². The van der Waals surface area contributed by atoms with E-state index in [-0.39, 0.29) is 17.4 Å². The molecule has 1 aliphatic rings. The van der Waals surface area contributed by atoms with Crippen molar-refractivity contribution in [1.82, 2.24) is 0 Å². The van der Waals surface area contributed by atoms with Crippen molar-refractivity contribution in [1.29, 1.82) is 0 Å². The van der Waals surface area contributed by atoms with Gasteiger partial charge in [-0.1, -0.05) is 31.4 Å². The summed E-state index contributed by atoms with van der Waals surface area (Å²) in [7, 11) is 0. The number of amides is 1. The second-order valence-corrected chi connectivity index (χ2v) is 4.69. The molecule has 0 bridgehead atoms. The number of benzene rings is 1. The van der Waals surface area contributed by atoms with Gasteiger partial charge in [-0.2, -0.15) is 0 Å². The molecule has 0 spiro atoms. The maximum Gasteiger partial charge on any atom is 0.227 e. The first-order valence-electron chi connectivity index (χ1n) is 6.29. The van der Waals surface area contributed by atoms with E-state index < -0.39 is 5.97 Å². The monoisotopic (exact) mass is 246 g/mol. The molecular formula is C14H16NO3-. The molecule has 4 heteroatoms. The molecule has 1 aromatic rings. The molecule has 1 aliphatic carbocycles. The normalized spacial score (nSPS) is 16.2. The lowest BCUT2D eigenvalue weighted by Crippen LogP contribution is -2.25. The summed E-state index contributed by atoms with van der Waals surface area (Å²) in [6.45, 7) is 0. The Hall–Kier alpha value is -1.84. The van der Waals surface area contributed by atoms with Crippen LogP contribution < -0.4 is 10.4 Å². The number of rotatable bonds is 3. The molecular weight excluding hydrogens is 230 g/mol. The largest absolute Gasteiger partial charge is 0.545 e. The van der Waals surface area contributed by atoms with Gasteiger partial charge in [-0.3, -0.25) is 4.79 Å². The fourth-order valence-corrected chi connectivity index (χ4v) is 2.30. The molecule has 1 fully saturated rings. The minimum atomic E-state index is -1.21. The predicted molar refractivity (Wildman–Crippen MR) is 66.0 cm³/mol. The summed E-state index contributed by atoms with van der Waals surface area (Å²) in [5.74, 6) is -1.07. The van der Waals surface area contributed by atoms with Crippen LogP contribution in [0.15, 0.2) is 24.3 Å². The third kappa shape index (κ3) is 3.09. The fourth-order valence-electron chi connectivity index (χ4n) is 2.30. The van der Waals surface area contributed by atoms with E-state index >= 15 is 0 Å². The summed E-state index contributed by atoms with van der Waals surface area (Å²) < 4.78 is 0. The number of carboxylic acid groups (broad SMARTS) is 1. The van der Waals surface area contributed by atoms with Gasteiger partial charge in [-0.05, 0) is 30.5 Å². The quantitative estimate of drug-likeness (QED) is 0.880. The Morgan fingerprint density at radius 3 is 2.22 bits per heavy atom. The van der Waals surface area contributed by atoms with E-state index in [4.69, 9.17) is 0 Å². The van der Waals surface area contributed by atoms with Crippen molar-refractivity contribution < 1.29 is 14.7 Å². The van der Waals surface area contributed by atoms with Gasteiger partial charge in [0, 0.05) is 11.6 Å². The molecule has 1 amide bonds. The van der Waals surface area contributed by atoms with Crippen molar-refractivity contribution >= 4 is 17.6 Å². The summed E-state index contributed by atoms with van der Waals surface area (Å²) in [6.07, 6.45) is 5.33. The van der Waals surface area contributed by atoms with Crippen molar-refractivity contribution in [3.8, 4) is 0 Å². The molecule has 0 aliphatic heterocycles. The Labute approximate surface area is 106 Å². The van der Waals surface area contributed by atoms with Crippen LogP contribution in [0.3, 0.4) is 0 Å². The van der Waals surface area contributed by atoms with Crippen molar-refractivity contribution in [2.45, 2.75) is 32.1 Å². The fraction of sp³-hybridized carbons (Fsp3) is 0.429. The van der Waals surface area contributed by atoms with Crippen molar-refractivity contribution in [2.24, 2.45) is 5.92 Å². The van der Waals surface area contributed by atoms with Crippen molar-refractivity contribution in [3.05, 3.63) is 29.8 Å². The minimum Gasteiger partial charge on any atom is -0.545 e. The molecule has 0 unspecified atom stereocenters. The highest BCUT2D eigenvalue weighted by Gasteiger charge is 2.20. The SMILES string of the molecule is O=C([O-])c1ccc(NC(=O)C2CCCCC2)cc1. The summed E-state index contributed by atoms with van der Waals surface area (Å²) in [6, 6.07) is 6.05. The summed E-state index contributed by atoms with van der Waals surface area (Å²) >= 11 is 0. The van der Waals surface area contributed by atoms with Gasteiger partial charge in [-0.25, -0.2) is 0 Å². The number of hydrogen-bond acceptors (Lipinski definition) is 3. The molecule has 0 saturated heterocycles. The highest BCUT2D eigenvalue weighted by Crippen LogP contribution is 2.24. The maximum absolute atomic E-state index is 11.9. The molecule has 0 aromatic heterocycles. The van der Waals surface area contributed by atoms with Crippen LogP contribution in [-0.2, 0) is 4.79 Å². The van der Waals surface area contributed by atoms with E-state index in [9.17, 15) is 14.7 Å². The Morgan fingerprint density at radius 2 is 1.67 bits per heavy atom. The summed E-state index contributed by atoms with van der Waals surface area (Å²) in [5.41, 5.74) is 0.751. The van der Waals surface area contributed by atoms with Crippen molar-refractivity contribution in [3.63, 3.8) is 0 Å². The zero-order valence-corrected chi connectivity index (χ0v) is 10.1. The molecule has 18 heavy (non-hydrogen) atoms. The minimum absolute atomic E-state index is 0.0379. The lowest BCUT2D eigenvalue weighted by Gasteiger charge is -2.20. The molecule has 1 N–H and O–H groups in total. The standard InChI is InChI=1S/C14H17NO3/c16-13(10-4-2-1-3-5-10)15-12-8-6-11(7-9-12)14(17)18/h6-10H,1-5H2,(H,15,16)(H,17,18)/p-1. The number of carboxylic acids is 1. The Bertz CT molecular complexity index is 433. The highest BCUT2D eigenvalue weighted by atomic mass is 16.4. The Kier molecular flexibility index (Phi) is 3.97. The number of aromatic carboxylic acids is 1. The lowest BCUT2D eigenvalue weighted by molar-refractivity contribution is -0.255. The Balaban J connectivity index is 1.96. The molecule has 1 aromatic carbocycles. The van der Waals surface area contributed by atoms with E-state index in [1.807, 2.05) is 0 Å². The second-order valence-electron chi connectivity index (χ2n) is 4.69. The van der Waals surface area contributed by atoms with Crippen LogP contribution >= 0.6 is 0 Å². The number of carbonyl (C=O) groups excluding carboxylic acids is 2. The average molecular weight is 246 g/mol. The molecule has 0 heterocycles. The third-order valence-corrected chi connectivity index (χ3v) is 3.36. The van der Waals surface area contributed by atoms with Gasteiger partial charge in [0.05, 0.1) is 5.97 Å². The van der Waals surface area contributed by atoms with Gasteiger partial charge in [0.2, 0.25) is 5.91 Å². The molecule has 2 rings (SSSR count). The zero-order chi connectivity index (χ0) is 13.0. The number of anilines is 1. The van der Waals surface area contributed by atoms with Gasteiger partial charge in [-0.15, -0.1) is 0 Å². The number of carbonyl (C=O) groups is 2. The smallest absolute Gasteiger partial charge is 0.227 e. The first kappa shape index (κ1) is 12.6. The molecule has 0 radical (unpaired) electrons. The van der Waals surface area contributed by atoms with Crippen LogP contribution in [0, 0.1) is 5.92 Å². The van der Waals surface area contributed by atoms with E-state index in [2.05, 4.69) is 5.32 Å². The van der Waals surface area contributed by atoms with Crippen LogP contribution in [0.2, 0.25) is 0 Å². The van der Waals surface area contributed by atoms with Gasteiger partial charge < -0.3 is 15.2 Å². The van der Waals surface area contributed by atoms with Crippen LogP contribution in [0.1, 0.15) is 42.5 Å². The van der Waals surface area contributed by atoms with Crippen LogP contribution in [0.4, 0.5) is 5.69 Å². The number of hydrogen-bond donors (Lipinski definition) is 1. The van der Waals surface area contributed by atoms with E-state index in [1.54, 1.807) is 12.1 Å². The topological polar surface area (TPSA) is 69.2 Å². The van der Waals surface area contributed by atoms with Crippen LogP contribution in [0.5, 0.6) is 0 Å². The molecule has 0 atom stereocenters. The van der Waals surface area contributed by atoms with Crippen molar-refractivity contribution in [2.75, 3.05) is 5.32 Å². The molecule has 1 saturated carbocycles. The second kappa shape index (κ2) is 5.67. The lowest BCUT2D eigenvalue weighted by atomic mass is 9.88. The van der Waals surface area contributed by atoms with Crippen LogP contribution in [-0.4, -0.2) is 11.9 Å². The van der Waals surface area contributed by atoms with Gasteiger partial charge in [0.25, 0.3) is 0 Å². The predicted octanol–water partition coefficient (Wildman–Crippen LogP) is 1.57. The zero-order valence-electron chi connectivity index (χ0n) is 10.1.